The molecular formula is C22H44O10Si2. The third-order valence-corrected chi connectivity index (χ3v) is 5.34. The van der Waals surface area contributed by atoms with Crippen molar-refractivity contribution in [2.75, 3.05) is 72.7 Å². The Morgan fingerprint density at radius 3 is 1.29 bits per heavy atom. The summed E-state index contributed by atoms with van der Waals surface area (Å²) in [6.45, 7) is 11.3. The average Bonchev–Trinajstić information content (AvgIpc) is 3.61. The van der Waals surface area contributed by atoms with E-state index in [9.17, 15) is 0 Å². The van der Waals surface area contributed by atoms with Gasteiger partial charge in [-0.25, -0.2) is 0 Å². The molecule has 6 fully saturated rings. The smallest absolute Gasteiger partial charge is 0.129 e. The monoisotopic (exact) mass is 524 g/mol. The second-order valence-electron chi connectivity index (χ2n) is 9.15. The summed E-state index contributed by atoms with van der Waals surface area (Å²) in [7, 11) is 1.86. The molecule has 0 spiro atoms. The van der Waals surface area contributed by atoms with Crippen LogP contribution in [0.25, 0.3) is 0 Å². The molecule has 0 aromatic carbocycles. The molecule has 6 heterocycles. The minimum absolute atomic E-state index is 0.323. The van der Waals surface area contributed by atoms with E-state index in [-0.39, 0.29) is 0 Å². The van der Waals surface area contributed by atoms with Crippen molar-refractivity contribution >= 4 is 21.0 Å². The van der Waals surface area contributed by atoms with Crippen molar-refractivity contribution in [2.45, 2.75) is 68.9 Å². The van der Waals surface area contributed by atoms with E-state index in [1.54, 1.807) is 0 Å². The van der Waals surface area contributed by atoms with Gasteiger partial charge in [-0.15, -0.1) is 0 Å². The number of ether oxygens (including phenoxy) is 9. The summed E-state index contributed by atoms with van der Waals surface area (Å²) in [4.78, 5) is 0. The molecule has 0 bridgehead atoms. The topological polar surface area (TPSA) is 112 Å². The third-order valence-electron chi connectivity index (χ3n) is 5.34. The lowest BCUT2D eigenvalue weighted by Gasteiger charge is -2.14. The summed E-state index contributed by atoms with van der Waals surface area (Å²) in [6, 6.07) is 0. The van der Waals surface area contributed by atoms with Crippen molar-refractivity contribution in [2.24, 2.45) is 0 Å². The van der Waals surface area contributed by atoms with Crippen LogP contribution >= 0.6 is 0 Å². The fourth-order valence-electron chi connectivity index (χ4n) is 2.77. The first-order valence-electron chi connectivity index (χ1n) is 12.6. The van der Waals surface area contributed by atoms with Gasteiger partial charge in [0.15, 0.2) is 0 Å². The van der Waals surface area contributed by atoms with E-state index in [1.807, 2.05) is 0 Å². The quantitative estimate of drug-likeness (QED) is 0.186. The highest BCUT2D eigenvalue weighted by Crippen LogP contribution is 2.23. The minimum Gasteiger partial charge on any atom is -0.471 e. The SMILES string of the molecule is C(OCC1CO1)C1CO1.C(OCC1CO1)C1CO1.CCCCC(OCC1CO1)C1CO1.[SiH3]O[SiH3]. The highest BCUT2D eigenvalue weighted by Gasteiger charge is 2.35. The van der Waals surface area contributed by atoms with Crippen LogP contribution in [0.15, 0.2) is 0 Å². The summed E-state index contributed by atoms with van der Waals surface area (Å²) in [5.41, 5.74) is 0. The van der Waals surface area contributed by atoms with Crippen LogP contribution in [-0.2, 0) is 46.7 Å². The molecule has 6 aliphatic heterocycles. The molecule has 7 atom stereocenters. The number of rotatable bonds is 15. The van der Waals surface area contributed by atoms with Crippen LogP contribution in [0.4, 0.5) is 0 Å². The van der Waals surface area contributed by atoms with E-state index in [1.165, 1.54) is 12.8 Å². The maximum Gasteiger partial charge on any atom is 0.129 e. The highest BCUT2D eigenvalue weighted by atomic mass is 28.3. The Balaban J connectivity index is 0.000000138. The Morgan fingerprint density at radius 1 is 0.647 bits per heavy atom. The first kappa shape index (κ1) is 28.6. The van der Waals surface area contributed by atoms with Crippen LogP contribution in [0, 0.1) is 0 Å². The second kappa shape index (κ2) is 16.7. The first-order chi connectivity index (χ1) is 16.7. The van der Waals surface area contributed by atoms with Crippen LogP contribution in [0.5, 0.6) is 0 Å². The lowest BCUT2D eigenvalue weighted by atomic mass is 10.1. The maximum atomic E-state index is 5.74. The Morgan fingerprint density at radius 2 is 1.00 bits per heavy atom. The van der Waals surface area contributed by atoms with Gasteiger partial charge in [-0.1, -0.05) is 19.8 Å². The zero-order valence-corrected chi connectivity index (χ0v) is 25.0. The number of hydrogen-bond acceptors (Lipinski definition) is 10. The number of unbranched alkanes of at least 4 members (excludes halogenated alkanes) is 1. The van der Waals surface area contributed by atoms with Gasteiger partial charge < -0.3 is 46.7 Å². The molecule has 0 radical (unpaired) electrons. The molecule has 0 aromatic rings. The molecule has 12 heteroatoms. The van der Waals surface area contributed by atoms with Gasteiger partial charge in [0.05, 0.1) is 78.8 Å². The van der Waals surface area contributed by atoms with Crippen molar-refractivity contribution in [3.63, 3.8) is 0 Å². The van der Waals surface area contributed by atoms with Crippen LogP contribution in [0.3, 0.4) is 0 Å². The van der Waals surface area contributed by atoms with Crippen LogP contribution in [-0.4, -0.2) is 136 Å². The van der Waals surface area contributed by atoms with E-state index in [4.69, 9.17) is 42.6 Å². The molecule has 0 aliphatic carbocycles. The molecule has 6 aliphatic rings. The van der Waals surface area contributed by atoms with E-state index < -0.39 is 0 Å². The van der Waals surface area contributed by atoms with Gasteiger partial charge >= 0.3 is 0 Å². The molecule has 6 rings (SSSR count). The Kier molecular flexibility index (Phi) is 14.1. The van der Waals surface area contributed by atoms with Crippen molar-refractivity contribution in [3.8, 4) is 0 Å². The van der Waals surface area contributed by atoms with Gasteiger partial charge in [0.2, 0.25) is 0 Å². The number of epoxide rings is 6. The normalized spacial score (nSPS) is 33.8. The minimum atomic E-state index is 0.323. The van der Waals surface area contributed by atoms with Crippen LogP contribution in [0.1, 0.15) is 26.2 Å². The third kappa shape index (κ3) is 16.7. The molecular weight excluding hydrogens is 480 g/mol. The molecule has 34 heavy (non-hydrogen) atoms. The van der Waals surface area contributed by atoms with Crippen LogP contribution in [0.2, 0.25) is 0 Å². The standard InChI is InChI=1S/C10H18O3.2C6H10O3.H6OSi2/c1-2-3-4-9(10-7-13-10)12-6-8-5-11-8;2*1(5-3-8-5)7-2-6-4-9-6;2-1-3/h8-10H,2-7H2,1H3;2*5-6H,1-4H2;2-3H3. The van der Waals surface area contributed by atoms with Crippen molar-refractivity contribution in [1.82, 2.24) is 0 Å². The maximum absolute atomic E-state index is 5.74. The lowest BCUT2D eigenvalue weighted by molar-refractivity contribution is 0.0182. The summed E-state index contributed by atoms with van der Waals surface area (Å²) >= 11 is 0. The average molecular weight is 525 g/mol. The zero-order chi connectivity index (χ0) is 24.0. The van der Waals surface area contributed by atoms with Crippen molar-refractivity contribution < 1.29 is 46.7 Å². The molecule has 0 amide bonds. The summed E-state index contributed by atoms with van der Waals surface area (Å²) in [5, 5.41) is 0. The Hall–Kier alpha value is 0.0338. The second-order valence-corrected chi connectivity index (χ2v) is 12.4. The van der Waals surface area contributed by atoms with E-state index >= 15 is 0 Å². The van der Waals surface area contributed by atoms with E-state index in [2.05, 4.69) is 11.0 Å². The van der Waals surface area contributed by atoms with E-state index in [0.29, 0.717) is 42.7 Å². The Bertz CT molecular complexity index is 460. The van der Waals surface area contributed by atoms with Gasteiger partial charge in [0.25, 0.3) is 0 Å². The number of hydrogen-bond donors (Lipinski definition) is 0. The van der Waals surface area contributed by atoms with Gasteiger partial charge in [-0.2, -0.15) is 0 Å². The molecule has 7 unspecified atom stereocenters. The fraction of sp³-hybridized carbons (Fsp3) is 1.00. The fourth-order valence-corrected chi connectivity index (χ4v) is 2.77. The molecule has 0 aromatic heterocycles. The Labute approximate surface area is 209 Å². The predicted molar refractivity (Wildman–Crippen MR) is 130 cm³/mol. The summed E-state index contributed by atoms with van der Waals surface area (Å²) in [5.74, 6) is 0. The van der Waals surface area contributed by atoms with E-state index in [0.717, 1.165) is 100 Å². The van der Waals surface area contributed by atoms with Crippen LogP contribution < -0.4 is 0 Å². The first-order valence-corrected chi connectivity index (χ1v) is 14.2. The molecule has 0 saturated carbocycles. The molecule has 0 N–H and O–H groups in total. The molecule has 200 valence electrons. The van der Waals surface area contributed by atoms with Gasteiger partial charge in [-0.05, 0) is 6.42 Å². The molecule has 6 saturated heterocycles. The summed E-state index contributed by atoms with van der Waals surface area (Å²) < 4.78 is 50.9. The highest BCUT2D eigenvalue weighted by molar-refractivity contribution is 6.15. The summed E-state index contributed by atoms with van der Waals surface area (Å²) in [6.07, 6.45) is 6.24. The van der Waals surface area contributed by atoms with Gasteiger partial charge in [0.1, 0.15) is 57.6 Å². The van der Waals surface area contributed by atoms with Crippen molar-refractivity contribution in [1.29, 1.82) is 0 Å². The predicted octanol–water partition coefficient (Wildman–Crippen LogP) is -1.48. The van der Waals surface area contributed by atoms with Gasteiger partial charge in [-0.3, -0.25) is 0 Å². The lowest BCUT2D eigenvalue weighted by Crippen LogP contribution is -2.22. The molecule has 10 nitrogen and oxygen atoms in total. The van der Waals surface area contributed by atoms with Gasteiger partial charge in [0, 0.05) is 0 Å². The zero-order valence-electron chi connectivity index (χ0n) is 21.0. The largest absolute Gasteiger partial charge is 0.471 e. The van der Waals surface area contributed by atoms with Crippen molar-refractivity contribution in [3.05, 3.63) is 0 Å².